The van der Waals surface area contributed by atoms with Gasteiger partial charge < -0.3 is 34.5 Å². The first kappa shape index (κ1) is 29.2. The molecule has 0 aliphatic heterocycles. The first-order valence-electron chi connectivity index (χ1n) is 1.75. The first-order chi connectivity index (χ1) is 4.00. The monoisotopic (exact) mass is 270 g/mol. The van der Waals surface area contributed by atoms with E-state index in [1.165, 1.54) is 0 Å². The van der Waals surface area contributed by atoms with Crippen LogP contribution in [-0.2, 0) is 0 Å². The summed E-state index contributed by atoms with van der Waals surface area (Å²) in [4.78, 5) is 0. The van der Waals surface area contributed by atoms with E-state index in [4.69, 9.17) is 0 Å². The molecule has 13 heavy (non-hydrogen) atoms. The third-order valence-corrected chi connectivity index (χ3v) is 0. The van der Waals surface area contributed by atoms with Crippen LogP contribution in [0.3, 0.4) is 0 Å². The molecule has 0 aromatic rings. The Kier molecular flexibility index (Phi) is 25.2. The van der Waals surface area contributed by atoms with Crippen LogP contribution in [0.1, 0.15) is 0 Å². The van der Waals surface area contributed by atoms with Crippen LogP contribution >= 0.6 is 24.8 Å². The standard InChI is InChI=1S/2BF4.2ClH.Na.H/c2*2-1(3,4)5;;;;/h;;2*1H;;/q2*-1;;;;. The molecule has 0 atom stereocenters. The van der Waals surface area contributed by atoms with Crippen LogP contribution in [0.15, 0.2) is 0 Å². The molecule has 82 valence electrons. The van der Waals surface area contributed by atoms with Crippen molar-refractivity contribution in [3.63, 3.8) is 0 Å². The Balaban J connectivity index is -0.0000000267. The summed E-state index contributed by atoms with van der Waals surface area (Å²) in [6, 6.07) is 0. The van der Waals surface area contributed by atoms with Crippen molar-refractivity contribution in [3.05, 3.63) is 0 Å². The van der Waals surface area contributed by atoms with Crippen molar-refractivity contribution in [2.24, 2.45) is 0 Å². The predicted molar refractivity (Wildman–Crippen MR) is 42.0 cm³/mol. The summed E-state index contributed by atoms with van der Waals surface area (Å²) in [6.45, 7) is 0. The molecule has 0 fully saturated rings. The molecule has 0 aliphatic rings. The van der Waals surface area contributed by atoms with E-state index in [0.717, 1.165) is 0 Å². The topological polar surface area (TPSA) is 0 Å². The fourth-order valence-electron chi connectivity index (χ4n) is 0. The van der Waals surface area contributed by atoms with Crippen molar-refractivity contribution < 1.29 is 34.5 Å². The zero-order valence-electron chi connectivity index (χ0n) is 4.99. The van der Waals surface area contributed by atoms with Gasteiger partial charge in [0.25, 0.3) is 0 Å². The van der Waals surface area contributed by atoms with Gasteiger partial charge in [-0.15, -0.1) is 24.8 Å². The molecule has 0 aromatic heterocycles. The van der Waals surface area contributed by atoms with Gasteiger partial charge in [0.15, 0.2) is 0 Å². The van der Waals surface area contributed by atoms with Crippen molar-refractivity contribution in [1.29, 1.82) is 0 Å². The fourth-order valence-corrected chi connectivity index (χ4v) is 0. The van der Waals surface area contributed by atoms with Crippen LogP contribution < -0.4 is 0 Å². The Morgan fingerprint density at radius 3 is 0.462 bits per heavy atom. The van der Waals surface area contributed by atoms with E-state index in [1.54, 1.807) is 0 Å². The molecule has 0 spiro atoms. The van der Waals surface area contributed by atoms with Gasteiger partial charge in [0.1, 0.15) is 0 Å². The average Bonchev–Trinajstić information content (AvgIpc) is 1.12. The molecule has 0 aromatic carbocycles. The molecule has 0 radical (unpaired) electrons. The van der Waals surface area contributed by atoms with Crippen molar-refractivity contribution in [2.75, 3.05) is 0 Å². The Hall–Kier alpha value is 1.15. The summed E-state index contributed by atoms with van der Waals surface area (Å²) in [7, 11) is -12.0. The third-order valence-electron chi connectivity index (χ3n) is 0. The normalized spacial score (nSPS) is 9.23. The van der Waals surface area contributed by atoms with Gasteiger partial charge in [0.05, 0.1) is 0 Å². The Morgan fingerprint density at radius 1 is 0.462 bits per heavy atom. The van der Waals surface area contributed by atoms with Gasteiger partial charge in [0, 0.05) is 0 Å². The quantitative estimate of drug-likeness (QED) is 0.469. The van der Waals surface area contributed by atoms with Gasteiger partial charge in [-0.25, -0.2) is 0 Å². The van der Waals surface area contributed by atoms with Gasteiger partial charge in [-0.2, -0.15) is 0 Å². The number of halogens is 10. The molecular formula is H3B2Cl2F8Na-2. The van der Waals surface area contributed by atoms with E-state index in [-0.39, 0.29) is 54.4 Å². The molecule has 0 N–H and O–H groups in total. The van der Waals surface area contributed by atoms with Gasteiger partial charge in [-0.1, -0.05) is 0 Å². The molecule has 0 aliphatic carbocycles. The molecule has 0 unspecified atom stereocenters. The van der Waals surface area contributed by atoms with Crippen molar-refractivity contribution in [1.82, 2.24) is 0 Å². The van der Waals surface area contributed by atoms with Crippen LogP contribution in [-0.4, -0.2) is 44.1 Å². The van der Waals surface area contributed by atoms with Crippen LogP contribution in [0.2, 0.25) is 0 Å². The Labute approximate surface area is 103 Å². The molecule has 0 saturated heterocycles. The van der Waals surface area contributed by atoms with Gasteiger partial charge in [-0.05, 0) is 0 Å². The molecule has 13 heteroatoms. The van der Waals surface area contributed by atoms with Gasteiger partial charge in [0.2, 0.25) is 0 Å². The molecule has 0 nitrogen and oxygen atoms in total. The molecule has 0 bridgehead atoms. The predicted octanol–water partition coefficient (Wildman–Crippen LogP) is 2.80. The second-order valence-corrected chi connectivity index (χ2v) is 0.990. The summed E-state index contributed by atoms with van der Waals surface area (Å²) in [5, 5.41) is 0. The summed E-state index contributed by atoms with van der Waals surface area (Å²) in [5.74, 6) is 0. The van der Waals surface area contributed by atoms with E-state index in [1.807, 2.05) is 0 Å². The molecule has 0 rings (SSSR count). The maximum absolute atomic E-state index is 9.75. The molecule has 0 amide bonds. The molecular weight excluding hydrogens is 268 g/mol. The van der Waals surface area contributed by atoms with Crippen LogP contribution in [0, 0.1) is 0 Å². The van der Waals surface area contributed by atoms with E-state index < -0.39 is 14.5 Å². The van der Waals surface area contributed by atoms with E-state index in [0.29, 0.717) is 0 Å². The molecule has 0 heterocycles. The second kappa shape index (κ2) is 11.2. The minimum atomic E-state index is -6.00. The Bertz CT molecular complexity index is 63.1. The number of hydrogen-bond donors (Lipinski definition) is 0. The van der Waals surface area contributed by atoms with E-state index in [2.05, 4.69) is 0 Å². The summed E-state index contributed by atoms with van der Waals surface area (Å²) < 4.78 is 78.0. The summed E-state index contributed by atoms with van der Waals surface area (Å²) in [6.07, 6.45) is 0. The van der Waals surface area contributed by atoms with Crippen LogP contribution in [0.25, 0.3) is 0 Å². The zero-order chi connectivity index (χ0) is 9.00. The minimum absolute atomic E-state index is 0. The van der Waals surface area contributed by atoms with Crippen molar-refractivity contribution in [2.45, 2.75) is 0 Å². The van der Waals surface area contributed by atoms with Gasteiger partial charge >= 0.3 is 44.1 Å². The second-order valence-electron chi connectivity index (χ2n) is 0.990. The maximum atomic E-state index is 9.75. The van der Waals surface area contributed by atoms with E-state index >= 15 is 0 Å². The van der Waals surface area contributed by atoms with Crippen LogP contribution in [0.4, 0.5) is 34.5 Å². The third kappa shape index (κ3) is 1240. The summed E-state index contributed by atoms with van der Waals surface area (Å²) in [5.41, 5.74) is 0. The van der Waals surface area contributed by atoms with Gasteiger partial charge in [-0.3, -0.25) is 0 Å². The van der Waals surface area contributed by atoms with Crippen LogP contribution in [0.5, 0.6) is 0 Å². The summed E-state index contributed by atoms with van der Waals surface area (Å²) >= 11 is 0. The first-order valence-corrected chi connectivity index (χ1v) is 1.75. The van der Waals surface area contributed by atoms with Crippen molar-refractivity contribution >= 4 is 68.9 Å². The number of hydrogen-bond acceptors (Lipinski definition) is 0. The molecule has 0 saturated carbocycles. The number of rotatable bonds is 0. The Morgan fingerprint density at radius 2 is 0.462 bits per heavy atom. The average molecular weight is 271 g/mol. The zero-order valence-corrected chi connectivity index (χ0v) is 6.63. The SMILES string of the molecule is Cl.Cl.F[B-](F)(F)F.F[B-](F)(F)F.[NaH]. The fraction of sp³-hybridized carbons (Fsp3) is 0. The van der Waals surface area contributed by atoms with E-state index in [9.17, 15) is 34.5 Å². The van der Waals surface area contributed by atoms with Crippen molar-refractivity contribution in [3.8, 4) is 0 Å².